The Hall–Kier alpha value is -2.26. The highest BCUT2D eigenvalue weighted by Gasteiger charge is 2.60. The SMILES string of the molecule is COCON1C(=O)C(c2c(C)cccc2C)=C(OC(=O)C2CC2)C12CCC1(CC2)OCCCO1. The molecule has 0 N–H and O–H groups in total. The number of esters is 1. The summed E-state index contributed by atoms with van der Waals surface area (Å²) in [6.07, 6.45) is 4.62. The highest BCUT2D eigenvalue weighted by molar-refractivity contribution is 6.23. The van der Waals surface area contributed by atoms with Crippen LogP contribution in [0, 0.1) is 19.8 Å². The average Bonchev–Trinajstić information content (AvgIpc) is 3.65. The minimum atomic E-state index is -0.931. The molecule has 4 aliphatic rings. The molecule has 1 aromatic rings. The van der Waals surface area contributed by atoms with Crippen molar-refractivity contribution in [1.82, 2.24) is 5.06 Å². The molecule has 1 saturated heterocycles. The first-order chi connectivity index (χ1) is 16.4. The number of amides is 1. The second-order valence-corrected chi connectivity index (χ2v) is 9.79. The van der Waals surface area contributed by atoms with Gasteiger partial charge in [-0.3, -0.25) is 9.59 Å². The van der Waals surface area contributed by atoms with Crippen LogP contribution in [-0.2, 0) is 33.4 Å². The Morgan fingerprint density at radius 3 is 2.32 bits per heavy atom. The largest absolute Gasteiger partial charge is 0.427 e. The summed E-state index contributed by atoms with van der Waals surface area (Å²) in [5, 5.41) is 1.39. The lowest BCUT2D eigenvalue weighted by atomic mass is 9.76. The Kier molecular flexibility index (Phi) is 6.27. The molecular weight excluding hydrogens is 438 g/mol. The maximum absolute atomic E-state index is 14.0. The van der Waals surface area contributed by atoms with Crippen LogP contribution in [0.25, 0.3) is 5.57 Å². The third kappa shape index (κ3) is 3.96. The number of aryl methyl sites for hydroxylation is 2. The first kappa shape index (κ1) is 23.5. The van der Waals surface area contributed by atoms with Crippen LogP contribution in [0.3, 0.4) is 0 Å². The fourth-order valence-electron chi connectivity index (χ4n) is 5.46. The van der Waals surface area contributed by atoms with Crippen molar-refractivity contribution in [1.29, 1.82) is 0 Å². The molecule has 2 spiro atoms. The van der Waals surface area contributed by atoms with Crippen LogP contribution in [0.15, 0.2) is 24.0 Å². The van der Waals surface area contributed by atoms with E-state index >= 15 is 0 Å². The van der Waals surface area contributed by atoms with Gasteiger partial charge in [0.1, 0.15) is 11.3 Å². The van der Waals surface area contributed by atoms with Gasteiger partial charge in [-0.15, -0.1) is 0 Å². The molecule has 8 nitrogen and oxygen atoms in total. The molecule has 184 valence electrons. The number of ether oxygens (including phenoxy) is 4. The number of carbonyl (C=O) groups is 2. The predicted molar refractivity (Wildman–Crippen MR) is 122 cm³/mol. The third-order valence-corrected chi connectivity index (χ3v) is 7.44. The van der Waals surface area contributed by atoms with Crippen molar-refractivity contribution in [2.24, 2.45) is 5.92 Å². The van der Waals surface area contributed by atoms with Gasteiger partial charge in [0, 0.05) is 20.0 Å². The van der Waals surface area contributed by atoms with Crippen LogP contribution in [-0.4, -0.2) is 55.4 Å². The first-order valence-corrected chi connectivity index (χ1v) is 12.2. The van der Waals surface area contributed by atoms with E-state index < -0.39 is 11.3 Å². The second kappa shape index (κ2) is 9.07. The quantitative estimate of drug-likeness (QED) is 0.461. The Labute approximate surface area is 200 Å². The van der Waals surface area contributed by atoms with E-state index in [0.717, 1.165) is 36.0 Å². The standard InChI is InChI=1S/C26H33NO7/c1-17-6-4-7-18(2)20(17)21-22(34-24(29)19-8-9-19)25(27(23(21)28)33-16-30-3)10-12-26(13-11-25)31-14-5-15-32-26/h4,6-7,19H,5,8-16H2,1-3H3. The molecule has 0 atom stereocenters. The lowest BCUT2D eigenvalue weighted by Crippen LogP contribution is -2.56. The van der Waals surface area contributed by atoms with Gasteiger partial charge < -0.3 is 18.9 Å². The molecule has 1 amide bonds. The Morgan fingerprint density at radius 2 is 1.74 bits per heavy atom. The summed E-state index contributed by atoms with van der Waals surface area (Å²) in [5.74, 6) is -0.951. The Bertz CT molecular complexity index is 976. The van der Waals surface area contributed by atoms with Crippen LogP contribution < -0.4 is 0 Å². The molecule has 0 aromatic heterocycles. The van der Waals surface area contributed by atoms with E-state index in [4.69, 9.17) is 23.8 Å². The number of benzene rings is 1. The minimum Gasteiger partial charge on any atom is -0.427 e. The van der Waals surface area contributed by atoms with Gasteiger partial charge >= 0.3 is 5.97 Å². The van der Waals surface area contributed by atoms with Crippen molar-refractivity contribution < 1.29 is 33.4 Å². The number of rotatable bonds is 6. The molecule has 1 aromatic carbocycles. The van der Waals surface area contributed by atoms with Crippen molar-refractivity contribution in [2.45, 2.75) is 70.1 Å². The van der Waals surface area contributed by atoms with Gasteiger partial charge in [-0.25, -0.2) is 9.90 Å². The smallest absolute Gasteiger partial charge is 0.314 e. The predicted octanol–water partition coefficient (Wildman–Crippen LogP) is 3.79. The summed E-state index contributed by atoms with van der Waals surface area (Å²) in [5.41, 5.74) is 2.15. The van der Waals surface area contributed by atoms with E-state index in [0.29, 0.717) is 50.2 Å². The molecular formula is C26H33NO7. The fraction of sp³-hybridized carbons (Fsp3) is 0.615. The first-order valence-electron chi connectivity index (χ1n) is 12.2. The van der Waals surface area contributed by atoms with E-state index in [9.17, 15) is 9.59 Å². The minimum absolute atomic E-state index is 0.0878. The van der Waals surface area contributed by atoms with Crippen LogP contribution in [0.5, 0.6) is 0 Å². The maximum atomic E-state index is 14.0. The van der Waals surface area contributed by atoms with Crippen LogP contribution in [0.1, 0.15) is 61.6 Å². The van der Waals surface area contributed by atoms with E-state index in [1.165, 1.54) is 12.2 Å². The van der Waals surface area contributed by atoms with E-state index in [1.54, 1.807) is 0 Å². The van der Waals surface area contributed by atoms with Crippen molar-refractivity contribution >= 4 is 17.4 Å². The average molecular weight is 472 g/mol. The monoisotopic (exact) mass is 471 g/mol. The lowest BCUT2D eigenvalue weighted by molar-refractivity contribution is -0.303. The molecule has 2 heterocycles. The molecule has 2 saturated carbocycles. The fourth-order valence-corrected chi connectivity index (χ4v) is 5.46. The van der Waals surface area contributed by atoms with Crippen molar-refractivity contribution in [3.63, 3.8) is 0 Å². The van der Waals surface area contributed by atoms with Gasteiger partial charge in [0.05, 0.1) is 24.7 Å². The zero-order chi connectivity index (χ0) is 23.9. The molecule has 0 bridgehead atoms. The summed E-state index contributed by atoms with van der Waals surface area (Å²) >= 11 is 0. The van der Waals surface area contributed by atoms with Crippen LogP contribution in [0.2, 0.25) is 0 Å². The maximum Gasteiger partial charge on any atom is 0.314 e. The number of hydrogen-bond donors (Lipinski definition) is 0. The summed E-state index contributed by atoms with van der Waals surface area (Å²) < 4.78 is 23.4. The molecule has 34 heavy (non-hydrogen) atoms. The third-order valence-electron chi connectivity index (χ3n) is 7.44. The van der Waals surface area contributed by atoms with E-state index in [-0.39, 0.29) is 24.6 Å². The number of carbonyl (C=O) groups excluding carboxylic acids is 2. The second-order valence-electron chi connectivity index (χ2n) is 9.79. The van der Waals surface area contributed by atoms with Crippen LogP contribution >= 0.6 is 0 Å². The Balaban J connectivity index is 1.61. The summed E-state index contributed by atoms with van der Waals surface area (Å²) in [4.78, 5) is 32.8. The molecule has 8 heteroatoms. The highest BCUT2D eigenvalue weighted by Crippen LogP contribution is 2.53. The van der Waals surface area contributed by atoms with Crippen molar-refractivity contribution in [3.8, 4) is 0 Å². The van der Waals surface area contributed by atoms with Gasteiger partial charge in [0.2, 0.25) is 0 Å². The summed E-state index contributed by atoms with van der Waals surface area (Å²) in [7, 11) is 1.51. The molecule has 3 fully saturated rings. The summed E-state index contributed by atoms with van der Waals surface area (Å²) in [6, 6.07) is 5.89. The summed E-state index contributed by atoms with van der Waals surface area (Å²) in [6.45, 7) is 5.16. The van der Waals surface area contributed by atoms with Gasteiger partial charge in [-0.05, 0) is 62.6 Å². The number of hydrogen-bond acceptors (Lipinski definition) is 7. The molecule has 2 aliphatic carbocycles. The zero-order valence-corrected chi connectivity index (χ0v) is 20.2. The van der Waals surface area contributed by atoms with Gasteiger partial charge in [0.15, 0.2) is 12.6 Å². The van der Waals surface area contributed by atoms with Crippen molar-refractivity contribution in [3.05, 3.63) is 40.6 Å². The normalized spacial score (nSPS) is 23.7. The Morgan fingerprint density at radius 1 is 1.09 bits per heavy atom. The number of hydroxylamine groups is 2. The van der Waals surface area contributed by atoms with Gasteiger partial charge in [-0.1, -0.05) is 18.2 Å². The molecule has 0 unspecified atom stereocenters. The van der Waals surface area contributed by atoms with Crippen molar-refractivity contribution in [2.75, 3.05) is 27.1 Å². The molecule has 5 rings (SSSR count). The highest BCUT2D eigenvalue weighted by atomic mass is 16.8. The number of methoxy groups -OCH3 is 1. The van der Waals surface area contributed by atoms with E-state index in [1.807, 2.05) is 32.0 Å². The molecule has 0 radical (unpaired) electrons. The van der Waals surface area contributed by atoms with Crippen LogP contribution in [0.4, 0.5) is 0 Å². The van der Waals surface area contributed by atoms with E-state index in [2.05, 4.69) is 0 Å². The zero-order valence-electron chi connectivity index (χ0n) is 20.2. The van der Waals surface area contributed by atoms with Gasteiger partial charge in [0.25, 0.3) is 5.91 Å². The topological polar surface area (TPSA) is 83.5 Å². The lowest BCUT2D eigenvalue weighted by Gasteiger charge is -2.48. The molecule has 2 aliphatic heterocycles. The van der Waals surface area contributed by atoms with Gasteiger partial charge in [-0.2, -0.15) is 0 Å². The number of nitrogens with zero attached hydrogens (tertiary/aromatic N) is 1.